The van der Waals surface area contributed by atoms with E-state index in [2.05, 4.69) is 18.0 Å². The summed E-state index contributed by atoms with van der Waals surface area (Å²) in [6.07, 6.45) is 4.70. The molecule has 0 atom stereocenters. The molecule has 0 bridgehead atoms. The van der Waals surface area contributed by atoms with E-state index < -0.39 is 0 Å². The van der Waals surface area contributed by atoms with Gasteiger partial charge >= 0.3 is 0 Å². The molecule has 2 heterocycles. The van der Waals surface area contributed by atoms with Crippen molar-refractivity contribution in [2.45, 2.75) is 13.3 Å². The maximum atomic E-state index is 13.3. The number of hydrogen-bond acceptors (Lipinski definition) is 5. The summed E-state index contributed by atoms with van der Waals surface area (Å²) >= 11 is 6.37. The Balaban J connectivity index is 1.88. The second kappa shape index (κ2) is 8.17. The zero-order valence-electron chi connectivity index (χ0n) is 17.5. The third kappa shape index (κ3) is 3.48. The van der Waals surface area contributed by atoms with Crippen LogP contribution in [-0.2, 0) is 0 Å². The SMILES string of the molecule is COc1cc(OC)c(C2=CCN(C)CC2)c2c1C(=O)/C(=C/c1c(C)cccc1Cl)O2. The summed E-state index contributed by atoms with van der Waals surface area (Å²) in [6.45, 7) is 3.70. The fourth-order valence-electron chi connectivity index (χ4n) is 3.89. The molecule has 0 saturated heterocycles. The normalized spacial score (nSPS) is 17.6. The molecule has 0 radical (unpaired) electrons. The molecule has 0 spiro atoms. The minimum Gasteiger partial charge on any atom is -0.496 e. The second-order valence-electron chi connectivity index (χ2n) is 7.51. The van der Waals surface area contributed by atoms with Crippen molar-refractivity contribution in [1.82, 2.24) is 4.90 Å². The molecule has 0 amide bonds. The monoisotopic (exact) mass is 425 g/mol. The van der Waals surface area contributed by atoms with Crippen LogP contribution in [0.1, 0.15) is 33.5 Å². The number of ether oxygens (including phenoxy) is 3. The molecule has 0 N–H and O–H groups in total. The van der Waals surface area contributed by atoms with Gasteiger partial charge in [-0.25, -0.2) is 0 Å². The van der Waals surface area contributed by atoms with E-state index in [0.717, 1.165) is 41.8 Å². The van der Waals surface area contributed by atoms with Crippen molar-refractivity contribution in [2.75, 3.05) is 34.4 Å². The minimum atomic E-state index is -0.224. The Kier molecular flexibility index (Phi) is 5.58. The van der Waals surface area contributed by atoms with Gasteiger partial charge in [-0.05, 0) is 49.2 Å². The zero-order chi connectivity index (χ0) is 21.4. The molecule has 2 aliphatic rings. The third-order valence-corrected chi connectivity index (χ3v) is 5.92. The van der Waals surface area contributed by atoms with Crippen molar-refractivity contribution < 1.29 is 19.0 Å². The Hall–Kier alpha value is -2.76. The Labute approximate surface area is 181 Å². The number of hydrogen-bond donors (Lipinski definition) is 0. The first-order chi connectivity index (χ1) is 14.4. The molecule has 0 unspecified atom stereocenters. The summed E-state index contributed by atoms with van der Waals surface area (Å²) in [4.78, 5) is 15.5. The lowest BCUT2D eigenvalue weighted by molar-refractivity contribution is 0.101. The van der Waals surface area contributed by atoms with Gasteiger partial charge in [-0.3, -0.25) is 4.79 Å². The average Bonchev–Trinajstić information content (AvgIpc) is 3.06. The van der Waals surface area contributed by atoms with Crippen LogP contribution in [0.5, 0.6) is 17.2 Å². The number of nitrogens with zero attached hydrogens (tertiary/aromatic N) is 1. The van der Waals surface area contributed by atoms with E-state index in [9.17, 15) is 4.79 Å². The van der Waals surface area contributed by atoms with Crippen LogP contribution in [0.2, 0.25) is 5.02 Å². The van der Waals surface area contributed by atoms with Crippen LogP contribution in [0.4, 0.5) is 0 Å². The van der Waals surface area contributed by atoms with Crippen LogP contribution < -0.4 is 14.2 Å². The van der Waals surface area contributed by atoms with Gasteiger partial charge in [0.05, 0.1) is 19.8 Å². The number of methoxy groups -OCH3 is 2. The maximum absolute atomic E-state index is 13.3. The van der Waals surface area contributed by atoms with Gasteiger partial charge in [-0.1, -0.05) is 29.8 Å². The minimum absolute atomic E-state index is 0.224. The number of ketones is 1. The van der Waals surface area contributed by atoms with Crippen LogP contribution in [-0.4, -0.2) is 45.0 Å². The first-order valence-electron chi connectivity index (χ1n) is 9.80. The van der Waals surface area contributed by atoms with E-state index in [1.54, 1.807) is 25.3 Å². The van der Waals surface area contributed by atoms with Gasteiger partial charge in [-0.2, -0.15) is 0 Å². The molecule has 30 heavy (non-hydrogen) atoms. The van der Waals surface area contributed by atoms with Crippen molar-refractivity contribution >= 4 is 29.0 Å². The fraction of sp³-hybridized carbons (Fsp3) is 0.292. The number of likely N-dealkylation sites (N-methyl/N-ethyl adjacent to an activating group) is 1. The zero-order valence-corrected chi connectivity index (χ0v) is 18.3. The van der Waals surface area contributed by atoms with Crippen LogP contribution in [0.15, 0.2) is 36.1 Å². The molecule has 0 saturated carbocycles. The van der Waals surface area contributed by atoms with Gasteiger partial charge in [0, 0.05) is 24.2 Å². The molecule has 6 heteroatoms. The smallest absolute Gasteiger partial charge is 0.235 e. The quantitative estimate of drug-likeness (QED) is 0.645. The van der Waals surface area contributed by atoms with Gasteiger partial charge in [-0.15, -0.1) is 0 Å². The molecule has 5 nitrogen and oxygen atoms in total. The Morgan fingerprint density at radius 3 is 2.53 bits per heavy atom. The maximum Gasteiger partial charge on any atom is 0.235 e. The average molecular weight is 426 g/mol. The first kappa shape index (κ1) is 20.5. The number of rotatable bonds is 4. The van der Waals surface area contributed by atoms with Crippen LogP contribution in [0, 0.1) is 6.92 Å². The molecule has 0 fully saturated rings. The van der Waals surface area contributed by atoms with Crippen LogP contribution in [0.3, 0.4) is 0 Å². The summed E-state index contributed by atoms with van der Waals surface area (Å²) in [5.74, 6) is 1.55. The van der Waals surface area contributed by atoms with Gasteiger partial charge in [0.15, 0.2) is 11.5 Å². The molecule has 4 rings (SSSR count). The van der Waals surface area contributed by atoms with E-state index in [4.69, 9.17) is 25.8 Å². The molecule has 156 valence electrons. The van der Waals surface area contributed by atoms with Crippen molar-refractivity contribution in [3.63, 3.8) is 0 Å². The summed E-state index contributed by atoms with van der Waals surface area (Å²) in [5.41, 5.74) is 4.07. The van der Waals surface area contributed by atoms with Crippen LogP contribution >= 0.6 is 11.6 Å². The number of carbonyl (C=O) groups excluding carboxylic acids is 1. The predicted octanol–water partition coefficient (Wildman–Crippen LogP) is 5.00. The van der Waals surface area contributed by atoms with Gasteiger partial charge in [0.1, 0.15) is 17.1 Å². The van der Waals surface area contributed by atoms with Crippen molar-refractivity contribution in [1.29, 1.82) is 0 Å². The topological polar surface area (TPSA) is 48.0 Å². The van der Waals surface area contributed by atoms with E-state index in [-0.39, 0.29) is 11.5 Å². The second-order valence-corrected chi connectivity index (χ2v) is 7.92. The Bertz CT molecular complexity index is 1070. The van der Waals surface area contributed by atoms with Gasteiger partial charge in [0.25, 0.3) is 0 Å². The number of Topliss-reactive ketones (excluding diaryl/α,β-unsaturated/α-hetero) is 1. The van der Waals surface area contributed by atoms with Crippen molar-refractivity contribution in [3.05, 3.63) is 63.4 Å². The fourth-order valence-corrected chi connectivity index (χ4v) is 4.16. The Morgan fingerprint density at radius 1 is 1.17 bits per heavy atom. The van der Waals surface area contributed by atoms with E-state index in [1.165, 1.54) is 7.11 Å². The number of allylic oxidation sites excluding steroid dienone is 1. The van der Waals surface area contributed by atoms with Crippen molar-refractivity contribution in [2.24, 2.45) is 0 Å². The highest BCUT2D eigenvalue weighted by molar-refractivity contribution is 6.32. The molecular formula is C24H24ClNO4. The number of carbonyl (C=O) groups is 1. The predicted molar refractivity (Wildman–Crippen MR) is 119 cm³/mol. The Morgan fingerprint density at radius 2 is 1.90 bits per heavy atom. The molecule has 0 aromatic heterocycles. The van der Waals surface area contributed by atoms with Gasteiger partial charge in [0.2, 0.25) is 5.78 Å². The highest BCUT2D eigenvalue weighted by Gasteiger charge is 2.36. The molecule has 2 aromatic rings. The largest absolute Gasteiger partial charge is 0.496 e. The number of fused-ring (bicyclic) bond motifs is 1. The summed E-state index contributed by atoms with van der Waals surface area (Å²) in [6, 6.07) is 7.39. The summed E-state index contributed by atoms with van der Waals surface area (Å²) in [5, 5.41) is 0.567. The molecule has 0 aliphatic carbocycles. The number of benzene rings is 2. The van der Waals surface area contributed by atoms with Crippen LogP contribution in [0.25, 0.3) is 11.6 Å². The lowest BCUT2D eigenvalue weighted by Crippen LogP contribution is -2.23. The highest BCUT2D eigenvalue weighted by atomic mass is 35.5. The highest BCUT2D eigenvalue weighted by Crippen LogP contribution is 2.49. The third-order valence-electron chi connectivity index (χ3n) is 5.59. The molecule has 2 aliphatic heterocycles. The van der Waals surface area contributed by atoms with E-state index >= 15 is 0 Å². The number of halogens is 1. The number of aryl methyl sites for hydroxylation is 1. The van der Waals surface area contributed by atoms with Gasteiger partial charge < -0.3 is 19.1 Å². The van der Waals surface area contributed by atoms with E-state index in [1.807, 2.05) is 19.1 Å². The lowest BCUT2D eigenvalue weighted by Gasteiger charge is -2.24. The summed E-state index contributed by atoms with van der Waals surface area (Å²) < 4.78 is 17.3. The summed E-state index contributed by atoms with van der Waals surface area (Å²) in [7, 11) is 5.23. The van der Waals surface area contributed by atoms with Crippen molar-refractivity contribution in [3.8, 4) is 17.2 Å². The molecular weight excluding hydrogens is 402 g/mol. The van der Waals surface area contributed by atoms with E-state index in [0.29, 0.717) is 27.8 Å². The lowest BCUT2D eigenvalue weighted by atomic mass is 9.94. The standard InChI is InChI=1S/C24H24ClNO4/c1-14-6-5-7-17(25)16(14)12-20-23(27)22-19(29-4)13-18(28-3)21(24(22)30-20)15-8-10-26(2)11-9-15/h5-8,12-13H,9-11H2,1-4H3/b20-12-. The molecule has 2 aromatic carbocycles. The first-order valence-corrected chi connectivity index (χ1v) is 10.2.